The van der Waals surface area contributed by atoms with Gasteiger partial charge in [0.15, 0.2) is 12.6 Å². The summed E-state index contributed by atoms with van der Waals surface area (Å²) in [6, 6.07) is -0.932. The lowest BCUT2D eigenvalue weighted by Crippen LogP contribution is -2.65. The molecule has 0 bridgehead atoms. The molecule has 342 valence electrons. The number of unbranched alkanes of at least 4 members (excludes halogenated alkanes) is 13. The van der Waals surface area contributed by atoms with Crippen LogP contribution in [0.2, 0.25) is 0 Å². The summed E-state index contributed by atoms with van der Waals surface area (Å²) >= 11 is 0. The van der Waals surface area contributed by atoms with Crippen LogP contribution in [0.1, 0.15) is 136 Å². The minimum absolute atomic E-state index is 0.262. The fourth-order valence-corrected chi connectivity index (χ4v) is 6.97. The number of ether oxygens (including phenoxy) is 4. The van der Waals surface area contributed by atoms with E-state index in [-0.39, 0.29) is 18.9 Å². The van der Waals surface area contributed by atoms with E-state index in [0.717, 1.165) is 64.2 Å². The van der Waals surface area contributed by atoms with Gasteiger partial charge >= 0.3 is 0 Å². The van der Waals surface area contributed by atoms with Crippen molar-refractivity contribution in [3.8, 4) is 0 Å². The van der Waals surface area contributed by atoms with Crippen molar-refractivity contribution >= 4 is 5.91 Å². The van der Waals surface area contributed by atoms with Gasteiger partial charge in [-0.15, -0.1) is 0 Å². The number of hydrogen-bond donors (Lipinski definition) is 9. The third kappa shape index (κ3) is 21.1. The second-order valence-electron chi connectivity index (χ2n) is 15.8. The van der Waals surface area contributed by atoms with Crippen molar-refractivity contribution in [2.45, 2.75) is 209 Å². The predicted molar refractivity (Wildman–Crippen MR) is 226 cm³/mol. The number of hydrogen-bond acceptors (Lipinski definition) is 13. The predicted octanol–water partition coefficient (Wildman–Crippen LogP) is 4.15. The standard InChI is InChI=1S/C45H79NO13/c1-3-5-7-9-11-13-14-15-16-17-18-19-20-21-23-25-27-29-37(50)46-33(34(49)28-26-24-22-12-10-8-6-4-2)32-56-44-42(55)40(53)43(36(31-48)58-44)59-45-41(54)39(52)38(51)35(30-47)57-45/h10-13,15-16,26,28,33-36,38-45,47-49,51-55H,3-9,14,17-25,27,29-32H2,1-2H3,(H,46,50)/b12-10+,13-11-,16-15-,28-26+. The van der Waals surface area contributed by atoms with Gasteiger partial charge in [-0.3, -0.25) is 4.79 Å². The van der Waals surface area contributed by atoms with E-state index in [9.17, 15) is 45.6 Å². The van der Waals surface area contributed by atoms with Gasteiger partial charge in [-0.2, -0.15) is 0 Å². The van der Waals surface area contributed by atoms with E-state index in [1.54, 1.807) is 6.08 Å². The maximum Gasteiger partial charge on any atom is 0.220 e. The molecule has 12 unspecified atom stereocenters. The number of carbonyl (C=O) groups is 1. The first-order valence-electron chi connectivity index (χ1n) is 22.4. The normalized spacial score (nSPS) is 29.0. The summed E-state index contributed by atoms with van der Waals surface area (Å²) in [6.45, 7) is 2.62. The lowest BCUT2D eigenvalue weighted by atomic mass is 9.97. The van der Waals surface area contributed by atoms with Crippen LogP contribution in [0, 0.1) is 0 Å². The smallest absolute Gasteiger partial charge is 0.220 e. The van der Waals surface area contributed by atoms with Gasteiger partial charge in [0.2, 0.25) is 5.91 Å². The molecular weight excluding hydrogens is 762 g/mol. The summed E-state index contributed by atoms with van der Waals surface area (Å²) < 4.78 is 22.5. The maximum atomic E-state index is 13.1. The van der Waals surface area contributed by atoms with Gasteiger partial charge in [0.05, 0.1) is 32.0 Å². The first-order valence-corrected chi connectivity index (χ1v) is 22.4. The summed E-state index contributed by atoms with van der Waals surface area (Å²) in [4.78, 5) is 13.1. The Balaban J connectivity index is 1.87. The van der Waals surface area contributed by atoms with Crippen LogP contribution in [-0.2, 0) is 23.7 Å². The van der Waals surface area contributed by atoms with E-state index in [4.69, 9.17) is 18.9 Å². The first kappa shape index (κ1) is 53.1. The highest BCUT2D eigenvalue weighted by Crippen LogP contribution is 2.30. The molecular formula is C45H79NO13. The zero-order chi connectivity index (χ0) is 43.3. The SMILES string of the molecule is CCCC/C=C/CC/C=C/C(O)C(COC1OC(CO)C(OC2OC(CO)C(O)C(O)C2O)C(O)C1O)NC(=O)CCCCCCCCC/C=C\C/C=C\CCCCC. The summed E-state index contributed by atoms with van der Waals surface area (Å²) in [5.41, 5.74) is 0. The van der Waals surface area contributed by atoms with Crippen LogP contribution in [0.3, 0.4) is 0 Å². The highest BCUT2D eigenvalue weighted by molar-refractivity contribution is 5.76. The molecule has 9 N–H and O–H groups in total. The molecule has 0 saturated carbocycles. The maximum absolute atomic E-state index is 13.1. The molecule has 0 aromatic rings. The average Bonchev–Trinajstić information content (AvgIpc) is 3.23. The van der Waals surface area contributed by atoms with Gasteiger partial charge in [0.1, 0.15) is 48.8 Å². The number of nitrogens with one attached hydrogen (secondary N) is 1. The third-order valence-corrected chi connectivity index (χ3v) is 10.7. The van der Waals surface area contributed by atoms with Crippen molar-refractivity contribution in [2.75, 3.05) is 19.8 Å². The summed E-state index contributed by atoms with van der Waals surface area (Å²) in [6.07, 6.45) is 19.0. The van der Waals surface area contributed by atoms with Crippen LogP contribution >= 0.6 is 0 Å². The Kier molecular flexibility index (Phi) is 29.4. The Bertz CT molecular complexity index is 1180. The molecule has 2 fully saturated rings. The largest absolute Gasteiger partial charge is 0.394 e. The second kappa shape index (κ2) is 32.6. The van der Waals surface area contributed by atoms with Crippen molar-refractivity contribution in [3.63, 3.8) is 0 Å². The van der Waals surface area contributed by atoms with Crippen molar-refractivity contribution in [3.05, 3.63) is 48.6 Å². The molecule has 0 aromatic heterocycles. The van der Waals surface area contributed by atoms with Crippen LogP contribution in [-0.4, -0.2) is 140 Å². The van der Waals surface area contributed by atoms with E-state index >= 15 is 0 Å². The molecule has 14 heteroatoms. The van der Waals surface area contributed by atoms with Gasteiger partial charge in [0, 0.05) is 6.42 Å². The molecule has 2 aliphatic rings. The van der Waals surface area contributed by atoms with E-state index < -0.39 is 86.8 Å². The molecule has 59 heavy (non-hydrogen) atoms. The molecule has 2 aliphatic heterocycles. The lowest BCUT2D eigenvalue weighted by Gasteiger charge is -2.46. The topological polar surface area (TPSA) is 228 Å². The molecule has 12 atom stereocenters. The summed E-state index contributed by atoms with van der Waals surface area (Å²) in [5, 5.41) is 86.2. The number of allylic oxidation sites excluding steroid dienone is 7. The molecule has 1 amide bonds. The quantitative estimate of drug-likeness (QED) is 0.0343. The minimum atomic E-state index is -1.79. The Morgan fingerprint density at radius 3 is 1.81 bits per heavy atom. The number of amides is 1. The third-order valence-electron chi connectivity index (χ3n) is 10.7. The van der Waals surface area contributed by atoms with Crippen molar-refractivity contribution in [1.29, 1.82) is 0 Å². The van der Waals surface area contributed by atoms with Crippen molar-refractivity contribution < 1.29 is 64.6 Å². The van der Waals surface area contributed by atoms with Gasteiger partial charge in [-0.05, 0) is 57.8 Å². The molecule has 0 aliphatic carbocycles. The van der Waals surface area contributed by atoms with E-state index in [0.29, 0.717) is 12.8 Å². The minimum Gasteiger partial charge on any atom is -0.394 e. The molecule has 2 saturated heterocycles. The summed E-state index contributed by atoms with van der Waals surface area (Å²) in [5.74, 6) is -0.265. The fourth-order valence-electron chi connectivity index (χ4n) is 6.97. The van der Waals surface area contributed by atoms with Gasteiger partial charge in [-0.1, -0.05) is 120 Å². The molecule has 2 rings (SSSR count). The monoisotopic (exact) mass is 842 g/mol. The zero-order valence-electron chi connectivity index (χ0n) is 35.7. The van der Waals surface area contributed by atoms with Gasteiger partial charge < -0.3 is 65.1 Å². The molecule has 2 heterocycles. The number of aliphatic hydroxyl groups is 8. The van der Waals surface area contributed by atoms with E-state index in [2.05, 4.69) is 55.6 Å². The average molecular weight is 842 g/mol. The first-order chi connectivity index (χ1) is 28.6. The van der Waals surface area contributed by atoms with E-state index in [1.165, 1.54) is 38.5 Å². The highest BCUT2D eigenvalue weighted by atomic mass is 16.7. The van der Waals surface area contributed by atoms with Gasteiger partial charge in [0.25, 0.3) is 0 Å². The van der Waals surface area contributed by atoms with Crippen LogP contribution in [0.25, 0.3) is 0 Å². The van der Waals surface area contributed by atoms with Crippen molar-refractivity contribution in [1.82, 2.24) is 5.32 Å². The number of carbonyl (C=O) groups excluding carboxylic acids is 1. The zero-order valence-corrected chi connectivity index (χ0v) is 35.7. The molecule has 0 aromatic carbocycles. The van der Waals surface area contributed by atoms with Gasteiger partial charge in [-0.25, -0.2) is 0 Å². The Morgan fingerprint density at radius 2 is 1.15 bits per heavy atom. The Morgan fingerprint density at radius 1 is 0.610 bits per heavy atom. The Hall–Kier alpha value is -2.05. The second-order valence-corrected chi connectivity index (χ2v) is 15.8. The number of aliphatic hydroxyl groups excluding tert-OH is 8. The van der Waals surface area contributed by atoms with Crippen LogP contribution in [0.5, 0.6) is 0 Å². The molecule has 0 radical (unpaired) electrons. The lowest BCUT2D eigenvalue weighted by molar-refractivity contribution is -0.359. The molecule has 14 nitrogen and oxygen atoms in total. The number of rotatable bonds is 32. The fraction of sp³-hybridized carbons (Fsp3) is 0.800. The molecule has 0 spiro atoms. The Labute approximate surface area is 353 Å². The van der Waals surface area contributed by atoms with Crippen LogP contribution in [0.4, 0.5) is 0 Å². The highest BCUT2D eigenvalue weighted by Gasteiger charge is 2.50. The van der Waals surface area contributed by atoms with Crippen LogP contribution in [0.15, 0.2) is 48.6 Å². The van der Waals surface area contributed by atoms with Crippen LogP contribution < -0.4 is 5.32 Å². The summed E-state index contributed by atoms with van der Waals surface area (Å²) in [7, 11) is 0. The van der Waals surface area contributed by atoms with Crippen molar-refractivity contribution in [2.24, 2.45) is 0 Å². The van der Waals surface area contributed by atoms with E-state index in [1.807, 2.05) is 6.08 Å².